The number of piperidine rings is 1. The smallest absolute Gasteiger partial charge is 0.138 e. The standard InChI is InChI=1S/C19H23NO5/c1-20-7-6-19-11-2-3-13(21)16(19)25-17-15(19)10(8-12(11)20)4-5-18(17,24)9-14(22)23/h2-4,11-13,16,21,24H,5-9H2,1H3,(H,22,23)/p-1/t11-,12+,13-,16-,18?,19-/m0/s1. The summed E-state index contributed by atoms with van der Waals surface area (Å²) in [6, 6.07) is 0.338. The number of carboxylic acid groups (broad SMARTS) is 1. The molecule has 2 fully saturated rings. The third-order valence-electron chi connectivity index (χ3n) is 7.02. The molecule has 3 aliphatic carbocycles. The van der Waals surface area contributed by atoms with Crippen LogP contribution in [0, 0.1) is 11.3 Å². The van der Waals surface area contributed by atoms with Gasteiger partial charge in [0.2, 0.25) is 0 Å². The van der Waals surface area contributed by atoms with Crippen molar-refractivity contribution in [2.24, 2.45) is 11.3 Å². The summed E-state index contributed by atoms with van der Waals surface area (Å²) in [5.41, 5.74) is 0.163. The Kier molecular flexibility index (Phi) is 2.97. The van der Waals surface area contributed by atoms with Crippen molar-refractivity contribution in [2.45, 2.75) is 49.5 Å². The maximum absolute atomic E-state index is 11.2. The van der Waals surface area contributed by atoms with Gasteiger partial charge < -0.3 is 29.8 Å². The molecule has 134 valence electrons. The van der Waals surface area contributed by atoms with Crippen molar-refractivity contribution in [2.75, 3.05) is 13.6 Å². The number of aliphatic hydroxyl groups is 2. The van der Waals surface area contributed by atoms with Crippen LogP contribution in [0.2, 0.25) is 0 Å². The van der Waals surface area contributed by atoms with Crippen LogP contribution in [0.3, 0.4) is 0 Å². The van der Waals surface area contributed by atoms with Gasteiger partial charge in [-0.3, -0.25) is 0 Å². The highest BCUT2D eigenvalue weighted by molar-refractivity contribution is 5.68. The van der Waals surface area contributed by atoms with Gasteiger partial charge in [-0.05, 0) is 32.0 Å². The third-order valence-corrected chi connectivity index (χ3v) is 7.02. The minimum atomic E-state index is -1.58. The van der Waals surface area contributed by atoms with Crippen LogP contribution in [0.25, 0.3) is 0 Å². The predicted octanol–water partition coefficient (Wildman–Crippen LogP) is -0.518. The lowest BCUT2D eigenvalue weighted by Gasteiger charge is -2.58. The summed E-state index contributed by atoms with van der Waals surface area (Å²) in [6.45, 7) is 0.893. The topological polar surface area (TPSA) is 93.1 Å². The van der Waals surface area contributed by atoms with E-state index >= 15 is 0 Å². The average molecular weight is 344 g/mol. The molecule has 0 aromatic carbocycles. The van der Waals surface area contributed by atoms with E-state index in [2.05, 4.69) is 18.0 Å². The first kappa shape index (κ1) is 15.6. The summed E-state index contributed by atoms with van der Waals surface area (Å²) in [5.74, 6) is -0.722. The maximum atomic E-state index is 11.2. The number of likely N-dealkylation sites (tertiary alicyclic amines) is 1. The molecule has 0 aromatic heterocycles. The van der Waals surface area contributed by atoms with Crippen LogP contribution in [0.4, 0.5) is 0 Å². The van der Waals surface area contributed by atoms with Crippen molar-refractivity contribution >= 4 is 5.97 Å². The molecule has 6 heteroatoms. The zero-order valence-corrected chi connectivity index (χ0v) is 14.1. The Hall–Kier alpha value is -1.63. The molecule has 1 saturated carbocycles. The first-order chi connectivity index (χ1) is 11.9. The Morgan fingerprint density at radius 3 is 3.04 bits per heavy atom. The highest BCUT2D eigenvalue weighted by Gasteiger charge is 2.67. The third kappa shape index (κ3) is 1.77. The Morgan fingerprint density at radius 2 is 2.28 bits per heavy atom. The summed E-state index contributed by atoms with van der Waals surface area (Å²) >= 11 is 0. The fraction of sp³-hybridized carbons (Fsp3) is 0.632. The van der Waals surface area contributed by atoms with Crippen LogP contribution >= 0.6 is 0 Å². The van der Waals surface area contributed by atoms with Gasteiger partial charge in [0.15, 0.2) is 0 Å². The van der Waals surface area contributed by atoms with E-state index in [9.17, 15) is 20.1 Å². The van der Waals surface area contributed by atoms with Gasteiger partial charge in [0.25, 0.3) is 0 Å². The van der Waals surface area contributed by atoms with Gasteiger partial charge in [0, 0.05) is 41.8 Å². The van der Waals surface area contributed by atoms with Crippen LogP contribution in [0.15, 0.2) is 35.1 Å². The van der Waals surface area contributed by atoms with Gasteiger partial charge in [-0.25, -0.2) is 0 Å². The van der Waals surface area contributed by atoms with Crippen molar-refractivity contribution in [3.63, 3.8) is 0 Å². The molecule has 1 unspecified atom stereocenters. The molecule has 2 heterocycles. The highest BCUT2D eigenvalue weighted by atomic mass is 16.5. The van der Waals surface area contributed by atoms with Crippen LogP contribution in [0.1, 0.15) is 25.7 Å². The number of hydrogen-bond acceptors (Lipinski definition) is 6. The number of hydrogen-bond donors (Lipinski definition) is 2. The number of rotatable bonds is 2. The zero-order valence-electron chi connectivity index (χ0n) is 14.1. The van der Waals surface area contributed by atoms with E-state index in [-0.39, 0.29) is 17.8 Å². The van der Waals surface area contributed by atoms with Gasteiger partial charge in [-0.1, -0.05) is 18.2 Å². The van der Waals surface area contributed by atoms with Crippen molar-refractivity contribution in [3.05, 3.63) is 35.1 Å². The Morgan fingerprint density at radius 1 is 1.48 bits per heavy atom. The van der Waals surface area contributed by atoms with Crippen LogP contribution in [-0.2, 0) is 9.53 Å². The summed E-state index contributed by atoms with van der Waals surface area (Å²) in [6.07, 6.45) is 6.07. The van der Waals surface area contributed by atoms with Gasteiger partial charge >= 0.3 is 0 Å². The molecule has 6 nitrogen and oxygen atoms in total. The molecule has 5 aliphatic rings. The van der Waals surface area contributed by atoms with Gasteiger partial charge in [-0.15, -0.1) is 0 Å². The van der Waals surface area contributed by atoms with Crippen molar-refractivity contribution in [3.8, 4) is 0 Å². The average Bonchev–Trinajstić information content (AvgIpc) is 2.90. The number of aliphatic hydroxyl groups excluding tert-OH is 1. The monoisotopic (exact) mass is 344 g/mol. The molecule has 1 spiro atoms. The number of aliphatic carboxylic acids is 1. The van der Waals surface area contributed by atoms with Crippen molar-refractivity contribution in [1.29, 1.82) is 0 Å². The number of nitrogens with zero attached hydrogens (tertiary/aromatic N) is 1. The van der Waals surface area contributed by atoms with Crippen molar-refractivity contribution < 1.29 is 24.9 Å². The summed E-state index contributed by atoms with van der Waals surface area (Å²) in [5, 5.41) is 32.9. The highest BCUT2D eigenvalue weighted by Crippen LogP contribution is 2.66. The Labute approximate surface area is 146 Å². The molecule has 0 aromatic rings. The molecule has 6 atom stereocenters. The molecule has 5 rings (SSSR count). The molecule has 25 heavy (non-hydrogen) atoms. The van der Waals surface area contributed by atoms with Crippen LogP contribution in [-0.4, -0.2) is 58.5 Å². The van der Waals surface area contributed by atoms with Crippen LogP contribution in [0.5, 0.6) is 0 Å². The molecular formula is C19H22NO5-. The molecule has 0 amide bonds. The Bertz CT molecular complexity index is 755. The zero-order chi connectivity index (χ0) is 17.6. The van der Waals surface area contributed by atoms with Crippen LogP contribution < -0.4 is 5.11 Å². The SMILES string of the molecule is CN1CC[C@]23C4=C5O[C@H]2[C@@H](O)C=C[C@H]3[C@H]1CC4=CCC5(O)CC(=O)[O-]. The number of carbonyl (C=O) groups is 1. The maximum Gasteiger partial charge on any atom is 0.138 e. The summed E-state index contributed by atoms with van der Waals surface area (Å²) < 4.78 is 6.17. The molecule has 0 radical (unpaired) electrons. The molecule has 2 N–H and O–H groups in total. The lowest BCUT2D eigenvalue weighted by atomic mass is 9.51. The number of carbonyl (C=O) groups excluding carboxylic acids is 1. The quantitative estimate of drug-likeness (QED) is 0.655. The second kappa shape index (κ2) is 4.75. The molecular weight excluding hydrogens is 322 g/mol. The second-order valence-corrected chi connectivity index (χ2v) is 8.20. The van der Waals surface area contributed by atoms with E-state index in [4.69, 9.17) is 4.74 Å². The normalized spacial score (nSPS) is 47.2. The fourth-order valence-corrected chi connectivity index (χ4v) is 5.95. The Balaban J connectivity index is 1.72. The minimum absolute atomic E-state index is 0.203. The fourth-order valence-electron chi connectivity index (χ4n) is 5.95. The summed E-state index contributed by atoms with van der Waals surface area (Å²) in [4.78, 5) is 13.6. The predicted molar refractivity (Wildman–Crippen MR) is 85.9 cm³/mol. The lowest BCUT2D eigenvalue weighted by Crippen LogP contribution is -2.62. The van der Waals surface area contributed by atoms with Gasteiger partial charge in [0.05, 0.1) is 0 Å². The van der Waals surface area contributed by atoms with Crippen molar-refractivity contribution in [1.82, 2.24) is 4.90 Å². The largest absolute Gasteiger partial charge is 0.550 e. The van der Waals surface area contributed by atoms with E-state index < -0.39 is 30.2 Å². The van der Waals surface area contributed by atoms with E-state index in [0.29, 0.717) is 11.8 Å². The van der Waals surface area contributed by atoms with Gasteiger partial charge in [-0.2, -0.15) is 0 Å². The first-order valence-electron chi connectivity index (χ1n) is 8.97. The van der Waals surface area contributed by atoms with E-state index in [0.717, 1.165) is 30.5 Å². The van der Waals surface area contributed by atoms with Gasteiger partial charge in [0.1, 0.15) is 23.6 Å². The second-order valence-electron chi connectivity index (χ2n) is 8.20. The lowest BCUT2D eigenvalue weighted by molar-refractivity contribution is -0.309. The summed E-state index contributed by atoms with van der Waals surface area (Å²) in [7, 11) is 2.13. The number of ether oxygens (including phenoxy) is 1. The van der Waals surface area contributed by atoms with E-state index in [1.165, 1.54) is 0 Å². The number of carboxylic acids is 1. The van der Waals surface area contributed by atoms with E-state index in [1.807, 2.05) is 6.08 Å². The van der Waals surface area contributed by atoms with E-state index in [1.54, 1.807) is 6.08 Å². The first-order valence-corrected chi connectivity index (χ1v) is 8.97. The molecule has 2 aliphatic heterocycles. The molecule has 2 bridgehead atoms. The molecule has 1 saturated heterocycles. The minimum Gasteiger partial charge on any atom is -0.550 e.